The number of nitrogens with two attached hydrogens (primary N) is 1. The lowest BCUT2D eigenvalue weighted by Crippen LogP contribution is -2.23. The first-order valence-electron chi connectivity index (χ1n) is 6.16. The second-order valence-corrected chi connectivity index (χ2v) is 4.44. The lowest BCUT2D eigenvalue weighted by Gasteiger charge is -2.21. The van der Waals surface area contributed by atoms with E-state index >= 15 is 0 Å². The van der Waals surface area contributed by atoms with Crippen LogP contribution in [0.3, 0.4) is 0 Å². The first kappa shape index (κ1) is 12.0. The van der Waals surface area contributed by atoms with Gasteiger partial charge in [0.15, 0.2) is 0 Å². The van der Waals surface area contributed by atoms with Gasteiger partial charge in [-0.3, -0.25) is 0 Å². The first-order chi connectivity index (χ1) is 6.88. The van der Waals surface area contributed by atoms with E-state index in [0.29, 0.717) is 5.92 Å². The monoisotopic (exact) mass is 199 g/mol. The molecule has 0 aromatic heterocycles. The molecule has 0 bridgehead atoms. The maximum atomic E-state index is 5.81. The van der Waals surface area contributed by atoms with Crippen molar-refractivity contribution < 1.29 is 4.74 Å². The van der Waals surface area contributed by atoms with Crippen molar-refractivity contribution in [2.24, 2.45) is 17.6 Å². The van der Waals surface area contributed by atoms with Gasteiger partial charge in [-0.1, -0.05) is 32.6 Å². The van der Waals surface area contributed by atoms with Crippen molar-refractivity contribution in [3.8, 4) is 0 Å². The quantitative estimate of drug-likeness (QED) is 0.640. The van der Waals surface area contributed by atoms with E-state index in [-0.39, 0.29) is 0 Å². The van der Waals surface area contributed by atoms with Gasteiger partial charge >= 0.3 is 0 Å². The molecule has 0 aliphatic heterocycles. The van der Waals surface area contributed by atoms with Crippen LogP contribution in [0.25, 0.3) is 0 Å². The Morgan fingerprint density at radius 2 is 2.00 bits per heavy atom. The molecule has 1 aliphatic rings. The molecule has 1 fully saturated rings. The molecule has 2 heteroatoms. The van der Waals surface area contributed by atoms with Gasteiger partial charge in [0, 0.05) is 13.2 Å². The number of hydrogen-bond donors (Lipinski definition) is 1. The molecule has 0 amide bonds. The van der Waals surface area contributed by atoms with Crippen molar-refractivity contribution in [2.75, 3.05) is 19.8 Å². The third kappa shape index (κ3) is 3.97. The van der Waals surface area contributed by atoms with Crippen molar-refractivity contribution in [3.63, 3.8) is 0 Å². The summed E-state index contributed by atoms with van der Waals surface area (Å²) in [6.45, 7) is 4.81. The molecule has 1 aliphatic carbocycles. The predicted molar refractivity (Wildman–Crippen MR) is 60.2 cm³/mol. The highest BCUT2D eigenvalue weighted by molar-refractivity contribution is 4.75. The molecule has 1 unspecified atom stereocenters. The average molecular weight is 199 g/mol. The summed E-state index contributed by atoms with van der Waals surface area (Å²) in [6.07, 6.45) is 7.91. The highest BCUT2D eigenvalue weighted by Gasteiger charge is 2.23. The molecule has 0 aromatic carbocycles. The molecular formula is C12H25NO. The smallest absolute Gasteiger partial charge is 0.0469 e. The second kappa shape index (κ2) is 7.24. The minimum atomic E-state index is 0.717. The highest BCUT2D eigenvalue weighted by atomic mass is 16.5. The van der Waals surface area contributed by atoms with Crippen molar-refractivity contribution >= 4 is 0 Å². The summed E-state index contributed by atoms with van der Waals surface area (Å²) in [4.78, 5) is 0. The molecule has 1 saturated carbocycles. The van der Waals surface area contributed by atoms with Crippen LogP contribution in [0.4, 0.5) is 0 Å². The zero-order valence-electron chi connectivity index (χ0n) is 9.50. The van der Waals surface area contributed by atoms with E-state index in [9.17, 15) is 0 Å². The Morgan fingerprint density at radius 1 is 1.29 bits per heavy atom. The largest absolute Gasteiger partial charge is 0.381 e. The van der Waals surface area contributed by atoms with Crippen LogP contribution in [-0.4, -0.2) is 19.8 Å². The van der Waals surface area contributed by atoms with Crippen LogP contribution in [0.5, 0.6) is 0 Å². The van der Waals surface area contributed by atoms with Gasteiger partial charge in [-0.15, -0.1) is 0 Å². The zero-order valence-corrected chi connectivity index (χ0v) is 9.50. The molecule has 0 spiro atoms. The fraction of sp³-hybridized carbons (Fsp3) is 1.00. The summed E-state index contributed by atoms with van der Waals surface area (Å²) < 4.78 is 5.52. The van der Waals surface area contributed by atoms with E-state index in [1.54, 1.807) is 0 Å². The summed E-state index contributed by atoms with van der Waals surface area (Å²) in [5, 5.41) is 0. The predicted octanol–water partition coefficient (Wildman–Crippen LogP) is 2.57. The Morgan fingerprint density at radius 3 is 2.57 bits per heavy atom. The second-order valence-electron chi connectivity index (χ2n) is 4.44. The first-order valence-corrected chi connectivity index (χ1v) is 6.16. The Kier molecular flexibility index (Phi) is 6.20. The summed E-state index contributed by atoms with van der Waals surface area (Å²) in [5.41, 5.74) is 5.81. The van der Waals surface area contributed by atoms with Crippen LogP contribution < -0.4 is 5.73 Å². The van der Waals surface area contributed by atoms with Crippen LogP contribution in [0.15, 0.2) is 0 Å². The molecule has 14 heavy (non-hydrogen) atoms. The Labute approximate surface area is 88.2 Å². The molecule has 2 N–H and O–H groups in total. The fourth-order valence-electron chi connectivity index (χ4n) is 2.46. The van der Waals surface area contributed by atoms with E-state index in [4.69, 9.17) is 10.5 Å². The fourth-order valence-corrected chi connectivity index (χ4v) is 2.46. The van der Waals surface area contributed by atoms with Crippen molar-refractivity contribution in [2.45, 2.75) is 45.4 Å². The lowest BCUT2D eigenvalue weighted by atomic mass is 9.88. The Balaban J connectivity index is 2.11. The minimum absolute atomic E-state index is 0.717. The standard InChI is InChI=1S/C12H25NO/c1-2-8-14-9-7-12(10-13)11-5-3-4-6-11/h11-12H,2-10,13H2,1H3. The topological polar surface area (TPSA) is 35.2 Å². The van der Waals surface area contributed by atoms with Crippen LogP contribution in [0.1, 0.15) is 45.4 Å². The van der Waals surface area contributed by atoms with Crippen LogP contribution in [0.2, 0.25) is 0 Å². The molecule has 84 valence electrons. The van der Waals surface area contributed by atoms with E-state index < -0.39 is 0 Å². The van der Waals surface area contributed by atoms with Gasteiger partial charge in [-0.25, -0.2) is 0 Å². The molecule has 0 radical (unpaired) electrons. The van der Waals surface area contributed by atoms with Gasteiger partial charge in [0.2, 0.25) is 0 Å². The van der Waals surface area contributed by atoms with Gasteiger partial charge in [0.25, 0.3) is 0 Å². The summed E-state index contributed by atoms with van der Waals surface area (Å²) in [5.74, 6) is 1.61. The molecule has 1 rings (SSSR count). The normalized spacial score (nSPS) is 20.1. The Bertz CT molecular complexity index is 132. The van der Waals surface area contributed by atoms with Gasteiger partial charge in [-0.2, -0.15) is 0 Å². The maximum absolute atomic E-state index is 5.81. The van der Waals surface area contributed by atoms with Gasteiger partial charge in [-0.05, 0) is 31.2 Å². The van der Waals surface area contributed by atoms with Gasteiger partial charge in [0.05, 0.1) is 0 Å². The number of hydrogen-bond acceptors (Lipinski definition) is 2. The summed E-state index contributed by atoms with van der Waals surface area (Å²) in [7, 11) is 0. The van der Waals surface area contributed by atoms with Crippen LogP contribution >= 0.6 is 0 Å². The van der Waals surface area contributed by atoms with E-state index in [1.165, 1.54) is 32.1 Å². The molecule has 2 nitrogen and oxygen atoms in total. The number of rotatable bonds is 7. The highest BCUT2D eigenvalue weighted by Crippen LogP contribution is 2.32. The SMILES string of the molecule is CCCOCCC(CN)C1CCCC1. The Hall–Kier alpha value is -0.0800. The minimum Gasteiger partial charge on any atom is -0.381 e. The van der Waals surface area contributed by atoms with E-state index in [1.807, 2.05) is 0 Å². The molecule has 1 atom stereocenters. The molecular weight excluding hydrogens is 174 g/mol. The third-order valence-corrected chi connectivity index (χ3v) is 3.35. The number of ether oxygens (including phenoxy) is 1. The van der Waals surface area contributed by atoms with Gasteiger partial charge < -0.3 is 10.5 Å². The van der Waals surface area contributed by atoms with Gasteiger partial charge in [0.1, 0.15) is 0 Å². The van der Waals surface area contributed by atoms with Crippen LogP contribution in [0, 0.1) is 11.8 Å². The lowest BCUT2D eigenvalue weighted by molar-refractivity contribution is 0.112. The molecule has 0 heterocycles. The summed E-state index contributed by atoms with van der Waals surface area (Å²) in [6, 6.07) is 0. The summed E-state index contributed by atoms with van der Waals surface area (Å²) >= 11 is 0. The van der Waals surface area contributed by atoms with Crippen molar-refractivity contribution in [1.29, 1.82) is 0 Å². The molecule has 0 saturated heterocycles. The maximum Gasteiger partial charge on any atom is 0.0469 e. The average Bonchev–Trinajstić information content (AvgIpc) is 2.71. The van der Waals surface area contributed by atoms with E-state index in [0.717, 1.165) is 32.1 Å². The van der Waals surface area contributed by atoms with Crippen molar-refractivity contribution in [1.82, 2.24) is 0 Å². The molecule has 0 aromatic rings. The van der Waals surface area contributed by atoms with Crippen molar-refractivity contribution in [3.05, 3.63) is 0 Å². The third-order valence-electron chi connectivity index (χ3n) is 3.35. The van der Waals surface area contributed by atoms with E-state index in [2.05, 4.69) is 6.92 Å². The zero-order chi connectivity index (χ0) is 10.2. The van der Waals surface area contributed by atoms with Crippen LogP contribution in [-0.2, 0) is 4.74 Å².